The predicted octanol–water partition coefficient (Wildman–Crippen LogP) is 2.58. The van der Waals surface area contributed by atoms with Gasteiger partial charge in [-0.15, -0.1) is 22.6 Å². The molecule has 0 aromatic carbocycles. The molecular weight excluding hydrogens is 362 g/mol. The van der Waals surface area contributed by atoms with Gasteiger partial charge in [-0.1, -0.05) is 19.3 Å². The molecule has 3 aliphatic rings. The summed E-state index contributed by atoms with van der Waals surface area (Å²) in [5, 5.41) is 11.3. The number of carbonyl (C=O) groups is 1. The summed E-state index contributed by atoms with van der Waals surface area (Å²) in [5.74, 6) is 3.44. The molecule has 1 N–H and O–H groups in total. The van der Waals surface area contributed by atoms with Crippen LogP contribution >= 0.6 is 12.4 Å². The van der Waals surface area contributed by atoms with E-state index in [-0.39, 0.29) is 18.3 Å². The van der Waals surface area contributed by atoms with E-state index in [4.69, 9.17) is 0 Å². The molecule has 2 aliphatic carbocycles. The maximum absolute atomic E-state index is 12.5. The summed E-state index contributed by atoms with van der Waals surface area (Å²) in [7, 11) is 1.93. The maximum atomic E-state index is 12.5. The molecule has 4 rings (SSSR count). The van der Waals surface area contributed by atoms with Crippen LogP contribution in [0.25, 0.3) is 0 Å². The van der Waals surface area contributed by atoms with Crippen LogP contribution in [0.4, 0.5) is 0 Å². The van der Waals surface area contributed by atoms with E-state index in [9.17, 15) is 4.79 Å². The normalized spacial score (nSPS) is 26.7. The Morgan fingerprint density at radius 2 is 1.96 bits per heavy atom. The van der Waals surface area contributed by atoms with Crippen LogP contribution in [0.3, 0.4) is 0 Å². The highest BCUT2D eigenvalue weighted by atomic mass is 35.5. The standard InChI is InChI=1S/C20H33N5O.ClH/c1-24-14-21-23-19(24)9-10-20(26)22-18-13-25(12-17(18)16-7-8-16)11-15-5-3-2-4-6-15;/h14-18H,2-13H2,1H3,(H,22,26);1H/t17-,18+;/m1./s1. The lowest BCUT2D eigenvalue weighted by Gasteiger charge is -2.26. The van der Waals surface area contributed by atoms with Crippen LogP contribution in [0, 0.1) is 17.8 Å². The minimum atomic E-state index is 0. The lowest BCUT2D eigenvalue weighted by atomic mass is 9.89. The van der Waals surface area contributed by atoms with Crippen molar-refractivity contribution < 1.29 is 4.79 Å². The van der Waals surface area contributed by atoms with E-state index in [0.29, 0.717) is 24.8 Å². The monoisotopic (exact) mass is 395 g/mol. The van der Waals surface area contributed by atoms with E-state index in [2.05, 4.69) is 20.4 Å². The van der Waals surface area contributed by atoms with Gasteiger partial charge in [0.15, 0.2) is 0 Å². The molecule has 0 spiro atoms. The first-order valence-corrected chi connectivity index (χ1v) is 10.5. The SMILES string of the molecule is Cl.Cn1cnnc1CCC(=O)N[C@H]1CN(CC2CCCCC2)C[C@@H]1C1CC1. The van der Waals surface area contributed by atoms with E-state index in [1.54, 1.807) is 6.33 Å². The first-order valence-electron chi connectivity index (χ1n) is 10.5. The number of nitrogens with zero attached hydrogens (tertiary/aromatic N) is 4. The average molecular weight is 396 g/mol. The van der Waals surface area contributed by atoms with Crippen LogP contribution in [0.5, 0.6) is 0 Å². The van der Waals surface area contributed by atoms with Gasteiger partial charge in [0.1, 0.15) is 12.2 Å². The average Bonchev–Trinajstić information content (AvgIpc) is 3.29. The second-order valence-electron chi connectivity index (χ2n) is 8.76. The number of aromatic nitrogens is 3. The fourth-order valence-corrected chi connectivity index (χ4v) is 4.99. The summed E-state index contributed by atoms with van der Waals surface area (Å²) in [6.45, 7) is 3.48. The second-order valence-corrected chi connectivity index (χ2v) is 8.76. The van der Waals surface area contributed by atoms with Crippen LogP contribution in [-0.4, -0.2) is 51.2 Å². The molecule has 7 heteroatoms. The number of carbonyl (C=O) groups excluding carboxylic acids is 1. The molecule has 1 aromatic rings. The van der Waals surface area contributed by atoms with Crippen molar-refractivity contribution in [3.8, 4) is 0 Å². The van der Waals surface area contributed by atoms with Gasteiger partial charge in [0.05, 0.1) is 0 Å². The van der Waals surface area contributed by atoms with Crippen molar-refractivity contribution in [2.75, 3.05) is 19.6 Å². The van der Waals surface area contributed by atoms with Crippen molar-refractivity contribution in [2.45, 2.75) is 63.8 Å². The van der Waals surface area contributed by atoms with Crippen LogP contribution in [0.1, 0.15) is 57.2 Å². The van der Waals surface area contributed by atoms with Crippen LogP contribution in [0.2, 0.25) is 0 Å². The quantitative estimate of drug-likeness (QED) is 0.770. The number of hydrogen-bond donors (Lipinski definition) is 1. The Kier molecular flexibility index (Phi) is 7.15. The number of hydrogen-bond acceptors (Lipinski definition) is 4. The Morgan fingerprint density at radius 1 is 1.19 bits per heavy atom. The van der Waals surface area contributed by atoms with Crippen LogP contribution < -0.4 is 5.32 Å². The Labute approximate surface area is 168 Å². The number of likely N-dealkylation sites (tertiary alicyclic amines) is 1. The smallest absolute Gasteiger partial charge is 0.220 e. The molecule has 0 bridgehead atoms. The van der Waals surface area contributed by atoms with E-state index < -0.39 is 0 Å². The minimum Gasteiger partial charge on any atom is -0.352 e. The first kappa shape index (κ1) is 20.6. The predicted molar refractivity (Wildman–Crippen MR) is 108 cm³/mol. The molecule has 2 atom stereocenters. The van der Waals surface area contributed by atoms with Crippen molar-refractivity contribution in [3.05, 3.63) is 12.2 Å². The molecule has 1 saturated heterocycles. The Balaban J connectivity index is 0.00000210. The van der Waals surface area contributed by atoms with Gasteiger partial charge < -0.3 is 14.8 Å². The van der Waals surface area contributed by atoms with Gasteiger partial charge >= 0.3 is 0 Å². The summed E-state index contributed by atoms with van der Waals surface area (Å²) in [6, 6.07) is 0.345. The zero-order valence-electron chi connectivity index (χ0n) is 16.5. The molecule has 2 saturated carbocycles. The molecule has 152 valence electrons. The number of amides is 1. The molecule has 1 aliphatic heterocycles. The van der Waals surface area contributed by atoms with Crippen molar-refractivity contribution in [1.29, 1.82) is 0 Å². The summed E-state index contributed by atoms with van der Waals surface area (Å²) >= 11 is 0. The van der Waals surface area contributed by atoms with Crippen molar-refractivity contribution in [1.82, 2.24) is 25.0 Å². The summed E-state index contributed by atoms with van der Waals surface area (Å²) < 4.78 is 1.89. The molecule has 1 aromatic heterocycles. The van der Waals surface area contributed by atoms with Gasteiger partial charge in [0.2, 0.25) is 5.91 Å². The third kappa shape index (κ3) is 5.44. The van der Waals surface area contributed by atoms with Crippen molar-refractivity contribution >= 4 is 18.3 Å². The van der Waals surface area contributed by atoms with Crippen LogP contribution in [-0.2, 0) is 18.3 Å². The number of aryl methyl sites for hydroxylation is 2. The van der Waals surface area contributed by atoms with E-state index in [1.165, 1.54) is 58.0 Å². The highest BCUT2D eigenvalue weighted by Crippen LogP contribution is 2.42. The first-order chi connectivity index (χ1) is 12.7. The zero-order chi connectivity index (χ0) is 17.9. The molecular formula is C20H34ClN5O. The van der Waals surface area contributed by atoms with E-state index in [1.807, 2.05) is 11.6 Å². The minimum absolute atomic E-state index is 0. The highest BCUT2D eigenvalue weighted by Gasteiger charge is 2.43. The Bertz CT molecular complexity index is 611. The molecule has 0 unspecified atom stereocenters. The van der Waals surface area contributed by atoms with Crippen molar-refractivity contribution in [2.24, 2.45) is 24.8 Å². The summed E-state index contributed by atoms with van der Waals surface area (Å²) in [6.07, 6.45) is 12.6. The third-order valence-corrected chi connectivity index (χ3v) is 6.64. The fraction of sp³-hybridized carbons (Fsp3) is 0.850. The van der Waals surface area contributed by atoms with E-state index in [0.717, 1.165) is 24.2 Å². The molecule has 0 radical (unpaired) electrons. The Morgan fingerprint density at radius 3 is 2.63 bits per heavy atom. The maximum Gasteiger partial charge on any atom is 0.220 e. The van der Waals surface area contributed by atoms with Gasteiger partial charge in [-0.2, -0.15) is 0 Å². The molecule has 27 heavy (non-hydrogen) atoms. The molecule has 1 amide bonds. The zero-order valence-corrected chi connectivity index (χ0v) is 17.3. The van der Waals surface area contributed by atoms with Gasteiger partial charge in [-0.3, -0.25) is 4.79 Å². The fourth-order valence-electron chi connectivity index (χ4n) is 4.99. The summed E-state index contributed by atoms with van der Waals surface area (Å²) in [4.78, 5) is 15.1. The number of rotatable bonds is 7. The molecule has 2 heterocycles. The largest absolute Gasteiger partial charge is 0.352 e. The third-order valence-electron chi connectivity index (χ3n) is 6.64. The number of nitrogens with one attached hydrogen (secondary N) is 1. The lowest BCUT2D eigenvalue weighted by Crippen LogP contribution is -2.41. The van der Waals surface area contributed by atoms with Gasteiger partial charge in [0, 0.05) is 45.6 Å². The molecule has 3 fully saturated rings. The van der Waals surface area contributed by atoms with Gasteiger partial charge in [-0.25, -0.2) is 0 Å². The van der Waals surface area contributed by atoms with Gasteiger partial charge in [0.25, 0.3) is 0 Å². The molecule has 6 nitrogen and oxygen atoms in total. The Hall–Kier alpha value is -1.14. The van der Waals surface area contributed by atoms with Crippen LogP contribution in [0.15, 0.2) is 6.33 Å². The summed E-state index contributed by atoms with van der Waals surface area (Å²) in [5.41, 5.74) is 0. The highest BCUT2D eigenvalue weighted by molar-refractivity contribution is 5.85. The van der Waals surface area contributed by atoms with E-state index >= 15 is 0 Å². The number of halogens is 1. The lowest BCUT2D eigenvalue weighted by molar-refractivity contribution is -0.122. The topological polar surface area (TPSA) is 63.1 Å². The van der Waals surface area contributed by atoms with Crippen molar-refractivity contribution in [3.63, 3.8) is 0 Å². The second kappa shape index (κ2) is 9.37. The van der Waals surface area contributed by atoms with Gasteiger partial charge in [-0.05, 0) is 43.4 Å².